The number of carboxylic acids is 1. The monoisotopic (exact) mass is 680 g/mol. The Morgan fingerprint density at radius 2 is 1.69 bits per heavy atom. The van der Waals surface area contributed by atoms with E-state index < -0.39 is 12.0 Å². The number of pyridine rings is 1. The van der Waals surface area contributed by atoms with Crippen LogP contribution in [0, 0.1) is 0 Å². The van der Waals surface area contributed by atoms with Gasteiger partial charge in [-0.3, -0.25) is 9.78 Å². The second kappa shape index (κ2) is 15.0. The number of nitrogens with one attached hydrogen (secondary N) is 2. The van der Waals surface area contributed by atoms with Gasteiger partial charge in [0.15, 0.2) is 0 Å². The predicted molar refractivity (Wildman–Crippen MR) is 186 cm³/mol. The molecule has 49 heavy (non-hydrogen) atoms. The number of hydrogen-bond acceptors (Lipinski definition) is 7. The van der Waals surface area contributed by atoms with Gasteiger partial charge in [0, 0.05) is 18.0 Å². The molecule has 3 N–H and O–H groups in total. The summed E-state index contributed by atoms with van der Waals surface area (Å²) in [7, 11) is 1.49. The number of likely N-dealkylation sites (tertiary alicyclic amines) is 1. The third-order valence-corrected chi connectivity index (χ3v) is 8.44. The van der Waals surface area contributed by atoms with Crippen LogP contribution < -0.4 is 24.8 Å². The minimum absolute atomic E-state index is 0.0701. The van der Waals surface area contributed by atoms with Crippen molar-refractivity contribution in [1.82, 2.24) is 9.88 Å². The molecule has 250 valence electrons. The number of rotatable bonds is 11. The molecule has 4 aromatic carbocycles. The molecule has 3 amide bonds. The first-order chi connectivity index (χ1) is 23.7. The van der Waals surface area contributed by atoms with Crippen molar-refractivity contribution in [1.29, 1.82) is 0 Å². The van der Waals surface area contributed by atoms with E-state index in [1.807, 2.05) is 30.3 Å². The van der Waals surface area contributed by atoms with Crippen molar-refractivity contribution in [2.24, 2.45) is 0 Å². The van der Waals surface area contributed by atoms with Crippen molar-refractivity contribution >= 4 is 51.8 Å². The van der Waals surface area contributed by atoms with Gasteiger partial charge < -0.3 is 34.9 Å². The predicted octanol–water partition coefficient (Wildman–Crippen LogP) is 6.91. The van der Waals surface area contributed by atoms with Crippen molar-refractivity contribution < 1.29 is 33.7 Å². The Kier molecular flexibility index (Phi) is 10.1. The van der Waals surface area contributed by atoms with Gasteiger partial charge in [0.05, 0.1) is 53.6 Å². The average Bonchev–Trinajstić information content (AvgIpc) is 3.51. The average molecular weight is 681 g/mol. The summed E-state index contributed by atoms with van der Waals surface area (Å²) in [6.45, 7) is 0.529. The molecule has 0 bridgehead atoms. The number of carbonyl (C=O) groups is 3. The van der Waals surface area contributed by atoms with Crippen LogP contribution >= 0.6 is 11.6 Å². The van der Waals surface area contributed by atoms with Gasteiger partial charge in [0.25, 0.3) is 0 Å². The minimum atomic E-state index is -1.02. The molecular weight excluding hydrogens is 648 g/mol. The number of para-hydroxylation sites is 1. The molecular formula is C37H33ClN4O7. The van der Waals surface area contributed by atoms with E-state index in [2.05, 4.69) is 15.6 Å². The normalized spacial score (nSPS) is 15.4. The van der Waals surface area contributed by atoms with E-state index >= 15 is 0 Å². The van der Waals surface area contributed by atoms with Crippen LogP contribution in [0.4, 0.5) is 16.2 Å². The number of halogens is 1. The molecule has 1 aliphatic rings. The first-order valence-corrected chi connectivity index (χ1v) is 15.9. The van der Waals surface area contributed by atoms with Crippen LogP contribution in [0.1, 0.15) is 22.3 Å². The topological polar surface area (TPSA) is 139 Å². The Labute approximate surface area is 287 Å². The molecule has 1 aromatic heterocycles. The van der Waals surface area contributed by atoms with Crippen molar-refractivity contribution in [3.05, 3.63) is 119 Å². The fourth-order valence-electron chi connectivity index (χ4n) is 5.69. The van der Waals surface area contributed by atoms with E-state index in [4.69, 9.17) is 25.8 Å². The van der Waals surface area contributed by atoms with E-state index in [0.29, 0.717) is 52.2 Å². The summed E-state index contributed by atoms with van der Waals surface area (Å²) in [6, 6.07) is 26.9. The molecule has 1 fully saturated rings. The number of anilines is 2. The lowest BCUT2D eigenvalue weighted by Crippen LogP contribution is -2.40. The number of urea groups is 1. The molecule has 5 aromatic rings. The number of fused-ring (bicyclic) bond motifs is 1. The van der Waals surface area contributed by atoms with Gasteiger partial charge in [-0.25, -0.2) is 9.59 Å². The van der Waals surface area contributed by atoms with Crippen LogP contribution in [0.25, 0.3) is 10.9 Å². The molecule has 1 saturated heterocycles. The second-order valence-corrected chi connectivity index (χ2v) is 11.9. The first-order valence-electron chi connectivity index (χ1n) is 15.5. The van der Waals surface area contributed by atoms with Crippen molar-refractivity contribution in [2.45, 2.75) is 25.0 Å². The van der Waals surface area contributed by atoms with Gasteiger partial charge in [-0.1, -0.05) is 35.9 Å². The van der Waals surface area contributed by atoms with Crippen LogP contribution in [-0.4, -0.2) is 65.3 Å². The maximum absolute atomic E-state index is 13.8. The van der Waals surface area contributed by atoms with Crippen LogP contribution in [0.3, 0.4) is 0 Å². The van der Waals surface area contributed by atoms with E-state index in [1.54, 1.807) is 65.7 Å². The van der Waals surface area contributed by atoms with Crippen LogP contribution in [0.15, 0.2) is 103 Å². The number of amides is 3. The zero-order valence-electron chi connectivity index (χ0n) is 26.5. The number of benzene rings is 4. The Hall–Kier alpha value is -5.81. The third-order valence-electron chi connectivity index (χ3n) is 8.11. The van der Waals surface area contributed by atoms with Crippen LogP contribution in [0.2, 0.25) is 5.02 Å². The number of nitrogens with zero attached hydrogens (tertiary/aromatic N) is 2. The summed E-state index contributed by atoms with van der Waals surface area (Å²) in [5, 5.41) is 16.0. The minimum Gasteiger partial charge on any atom is -0.495 e. The Bertz CT molecular complexity index is 1990. The summed E-state index contributed by atoms with van der Waals surface area (Å²) in [6.07, 6.45) is 2.04. The molecule has 6 rings (SSSR count). The first kappa shape index (κ1) is 33.1. The second-order valence-electron chi connectivity index (χ2n) is 11.4. The Morgan fingerprint density at radius 3 is 2.47 bits per heavy atom. The number of hydrogen-bond donors (Lipinski definition) is 3. The Balaban J connectivity index is 1.15. The lowest BCUT2D eigenvalue weighted by Gasteiger charge is -2.25. The summed E-state index contributed by atoms with van der Waals surface area (Å²) >= 11 is 6.16. The quantitative estimate of drug-likeness (QED) is 0.137. The standard InChI is InChI=1S/C37H33ClN4O7/c1-47-34-17-23(8-14-33(34)41-37(46)40-32-7-3-2-6-30(32)38)18-35(43)42-21-29(49-28-13-15-31-25(19-28)5-4-16-39-31)20-26(42)22-48-27-11-9-24(10-12-27)36(44)45/h2-17,19,26,29H,18,20-22H2,1H3,(H,44,45)(H2,40,41,46)/t26-,29-/m0/s1. The highest BCUT2D eigenvalue weighted by atomic mass is 35.5. The Morgan fingerprint density at radius 1 is 0.918 bits per heavy atom. The maximum atomic E-state index is 13.8. The number of carboxylic acid groups (broad SMARTS) is 1. The third kappa shape index (κ3) is 8.20. The van der Waals surface area contributed by atoms with Gasteiger partial charge >= 0.3 is 12.0 Å². The van der Waals surface area contributed by atoms with Crippen LogP contribution in [0.5, 0.6) is 17.2 Å². The van der Waals surface area contributed by atoms with E-state index in [9.17, 15) is 19.5 Å². The maximum Gasteiger partial charge on any atom is 0.335 e. The SMILES string of the molecule is COc1cc(CC(=O)N2C[C@@H](Oc3ccc4ncccc4c3)C[C@H]2COc2ccc(C(=O)O)cc2)ccc1NC(=O)Nc1ccccc1Cl. The zero-order valence-corrected chi connectivity index (χ0v) is 27.2. The van der Waals surface area contributed by atoms with Crippen molar-refractivity contribution in [3.8, 4) is 17.2 Å². The zero-order chi connectivity index (χ0) is 34.3. The van der Waals surface area contributed by atoms with Crippen LogP contribution in [-0.2, 0) is 11.2 Å². The van der Waals surface area contributed by atoms with E-state index in [-0.39, 0.29) is 36.6 Å². The number of ether oxygens (including phenoxy) is 3. The van der Waals surface area contributed by atoms with Crippen molar-refractivity contribution in [3.63, 3.8) is 0 Å². The summed E-state index contributed by atoms with van der Waals surface area (Å²) in [4.78, 5) is 43.9. The largest absolute Gasteiger partial charge is 0.495 e. The van der Waals surface area contributed by atoms with Gasteiger partial charge in [0.1, 0.15) is 30.0 Å². The number of aromatic nitrogens is 1. The summed E-state index contributed by atoms with van der Waals surface area (Å²) in [5.74, 6) is 0.398. The molecule has 2 atom stereocenters. The number of aromatic carboxylic acids is 1. The van der Waals surface area contributed by atoms with Crippen molar-refractivity contribution in [2.75, 3.05) is 30.9 Å². The molecule has 0 saturated carbocycles. The fraction of sp³-hybridized carbons (Fsp3) is 0.189. The van der Waals surface area contributed by atoms with Gasteiger partial charge in [-0.15, -0.1) is 0 Å². The van der Waals surface area contributed by atoms with Gasteiger partial charge in [0.2, 0.25) is 5.91 Å². The molecule has 0 radical (unpaired) electrons. The molecule has 0 spiro atoms. The smallest absolute Gasteiger partial charge is 0.335 e. The number of methoxy groups -OCH3 is 1. The molecule has 1 aliphatic heterocycles. The summed E-state index contributed by atoms with van der Waals surface area (Å²) < 4.78 is 17.9. The molecule has 2 heterocycles. The molecule has 12 heteroatoms. The summed E-state index contributed by atoms with van der Waals surface area (Å²) in [5.41, 5.74) is 2.58. The lowest BCUT2D eigenvalue weighted by molar-refractivity contribution is -0.132. The fourth-order valence-corrected chi connectivity index (χ4v) is 5.87. The highest BCUT2D eigenvalue weighted by molar-refractivity contribution is 6.33. The molecule has 0 unspecified atom stereocenters. The highest BCUT2D eigenvalue weighted by Crippen LogP contribution is 2.30. The molecule has 11 nitrogen and oxygen atoms in total. The van der Waals surface area contributed by atoms with Gasteiger partial charge in [-0.05, 0) is 78.4 Å². The van der Waals surface area contributed by atoms with E-state index in [0.717, 1.165) is 10.9 Å². The number of carbonyl (C=O) groups excluding carboxylic acids is 2. The lowest BCUT2D eigenvalue weighted by atomic mass is 10.1. The highest BCUT2D eigenvalue weighted by Gasteiger charge is 2.37. The molecule has 0 aliphatic carbocycles. The van der Waals surface area contributed by atoms with Gasteiger partial charge in [-0.2, -0.15) is 0 Å². The van der Waals surface area contributed by atoms with E-state index in [1.165, 1.54) is 19.2 Å².